The molecule has 5 nitrogen and oxygen atoms in total. The van der Waals surface area contributed by atoms with Crippen LogP contribution in [0.1, 0.15) is 42.5 Å². The molecule has 1 aromatic carbocycles. The molecular weight excluding hydrogens is 304 g/mol. The van der Waals surface area contributed by atoms with E-state index in [1.165, 1.54) is 38.8 Å². The van der Waals surface area contributed by atoms with Crippen LogP contribution >= 0.6 is 0 Å². The van der Waals surface area contributed by atoms with E-state index in [4.69, 9.17) is 4.74 Å². The molecule has 2 aliphatic heterocycles. The van der Waals surface area contributed by atoms with Crippen LogP contribution in [0, 0.1) is 5.92 Å². The van der Waals surface area contributed by atoms with E-state index in [1.807, 2.05) is 6.07 Å². The summed E-state index contributed by atoms with van der Waals surface area (Å²) in [6.07, 6.45) is 6.09. The largest absolute Gasteiger partial charge is 0.464 e. The molecular formula is C19H26N2O3. The van der Waals surface area contributed by atoms with E-state index >= 15 is 0 Å². The summed E-state index contributed by atoms with van der Waals surface area (Å²) in [5.74, 6) is -0.163. The van der Waals surface area contributed by atoms with Gasteiger partial charge in [-0.25, -0.2) is 0 Å². The smallest absolute Gasteiger partial charge is 0.325 e. The SMILES string of the molecule is O=C(CNC(=O)c1ccccc1)OC[C@H]1CCCN2CCCC[C@@H]12. The molecule has 2 atom stereocenters. The molecule has 2 heterocycles. The zero-order valence-electron chi connectivity index (χ0n) is 14.1. The molecule has 0 aliphatic carbocycles. The number of hydrogen-bond acceptors (Lipinski definition) is 4. The summed E-state index contributed by atoms with van der Waals surface area (Å²) in [7, 11) is 0. The van der Waals surface area contributed by atoms with Crippen LogP contribution in [-0.2, 0) is 9.53 Å². The maximum atomic E-state index is 11.9. The molecule has 0 radical (unpaired) electrons. The number of esters is 1. The van der Waals surface area contributed by atoms with Gasteiger partial charge in [-0.3, -0.25) is 14.5 Å². The highest BCUT2D eigenvalue weighted by Crippen LogP contribution is 2.30. The van der Waals surface area contributed by atoms with Gasteiger partial charge >= 0.3 is 5.97 Å². The molecule has 3 rings (SSSR count). The number of benzene rings is 1. The van der Waals surface area contributed by atoms with Gasteiger partial charge in [0, 0.05) is 17.5 Å². The Hall–Kier alpha value is -1.88. The van der Waals surface area contributed by atoms with Gasteiger partial charge in [0.15, 0.2) is 0 Å². The van der Waals surface area contributed by atoms with Crippen molar-refractivity contribution in [1.29, 1.82) is 0 Å². The predicted octanol–water partition coefficient (Wildman–Crippen LogP) is 2.22. The van der Waals surface area contributed by atoms with Crippen LogP contribution in [0.5, 0.6) is 0 Å². The van der Waals surface area contributed by atoms with Crippen LogP contribution in [-0.4, -0.2) is 49.1 Å². The van der Waals surface area contributed by atoms with E-state index in [-0.39, 0.29) is 18.4 Å². The third-order valence-corrected chi connectivity index (χ3v) is 5.12. The highest BCUT2D eigenvalue weighted by Gasteiger charge is 2.33. The Labute approximate surface area is 143 Å². The lowest BCUT2D eigenvalue weighted by Crippen LogP contribution is -2.49. The van der Waals surface area contributed by atoms with Crippen molar-refractivity contribution in [2.75, 3.05) is 26.2 Å². The van der Waals surface area contributed by atoms with Gasteiger partial charge in [0.05, 0.1) is 6.61 Å². The highest BCUT2D eigenvalue weighted by molar-refractivity contribution is 5.95. The van der Waals surface area contributed by atoms with E-state index in [2.05, 4.69) is 10.2 Å². The highest BCUT2D eigenvalue weighted by atomic mass is 16.5. The second kappa shape index (κ2) is 8.29. The van der Waals surface area contributed by atoms with E-state index in [9.17, 15) is 9.59 Å². The number of carbonyl (C=O) groups excluding carboxylic acids is 2. The minimum Gasteiger partial charge on any atom is -0.464 e. The molecule has 24 heavy (non-hydrogen) atoms. The Morgan fingerprint density at radius 2 is 1.88 bits per heavy atom. The van der Waals surface area contributed by atoms with Crippen molar-refractivity contribution in [2.24, 2.45) is 5.92 Å². The van der Waals surface area contributed by atoms with Crippen LogP contribution in [0.15, 0.2) is 30.3 Å². The Balaban J connectivity index is 1.41. The van der Waals surface area contributed by atoms with Gasteiger partial charge < -0.3 is 10.1 Å². The van der Waals surface area contributed by atoms with Gasteiger partial charge in [-0.1, -0.05) is 24.6 Å². The number of nitrogens with zero attached hydrogens (tertiary/aromatic N) is 1. The molecule has 0 bridgehead atoms. The molecule has 0 saturated carbocycles. The van der Waals surface area contributed by atoms with E-state index < -0.39 is 0 Å². The summed E-state index contributed by atoms with van der Waals surface area (Å²) in [5.41, 5.74) is 0.551. The van der Waals surface area contributed by atoms with E-state index in [0.29, 0.717) is 24.1 Å². The fourth-order valence-corrected chi connectivity index (χ4v) is 3.87. The Morgan fingerprint density at radius 1 is 1.08 bits per heavy atom. The molecule has 1 aromatic rings. The molecule has 2 aliphatic rings. The van der Waals surface area contributed by atoms with E-state index in [0.717, 1.165) is 6.42 Å². The molecule has 0 spiro atoms. The lowest BCUT2D eigenvalue weighted by atomic mass is 9.84. The number of fused-ring (bicyclic) bond motifs is 1. The minimum absolute atomic E-state index is 0.0746. The van der Waals surface area contributed by atoms with Gasteiger partial charge in [0.1, 0.15) is 6.54 Å². The summed E-state index contributed by atoms with van der Waals surface area (Å²) in [6, 6.07) is 9.46. The monoisotopic (exact) mass is 330 g/mol. The number of piperidine rings is 2. The average molecular weight is 330 g/mol. The second-order valence-corrected chi connectivity index (χ2v) is 6.73. The summed E-state index contributed by atoms with van der Waals surface area (Å²) in [6.45, 7) is 2.76. The lowest BCUT2D eigenvalue weighted by molar-refractivity contribution is -0.145. The molecule has 2 fully saturated rings. The van der Waals surface area contributed by atoms with Crippen molar-refractivity contribution in [2.45, 2.75) is 38.1 Å². The number of rotatable bonds is 5. The van der Waals surface area contributed by atoms with Gasteiger partial charge in [-0.05, 0) is 50.9 Å². The Morgan fingerprint density at radius 3 is 2.71 bits per heavy atom. The first kappa shape index (κ1) is 17.0. The van der Waals surface area contributed by atoms with Crippen molar-refractivity contribution in [3.8, 4) is 0 Å². The zero-order valence-corrected chi connectivity index (χ0v) is 14.1. The van der Waals surface area contributed by atoms with Crippen molar-refractivity contribution in [3.63, 3.8) is 0 Å². The molecule has 1 N–H and O–H groups in total. The average Bonchev–Trinajstić information content (AvgIpc) is 2.65. The zero-order chi connectivity index (χ0) is 16.8. The van der Waals surface area contributed by atoms with Crippen LogP contribution < -0.4 is 5.32 Å². The maximum absolute atomic E-state index is 11.9. The van der Waals surface area contributed by atoms with Gasteiger partial charge in [-0.15, -0.1) is 0 Å². The molecule has 130 valence electrons. The van der Waals surface area contributed by atoms with Crippen molar-refractivity contribution in [1.82, 2.24) is 10.2 Å². The summed E-state index contributed by atoms with van der Waals surface area (Å²) in [5, 5.41) is 2.62. The fraction of sp³-hybridized carbons (Fsp3) is 0.579. The molecule has 0 unspecified atom stereocenters. The van der Waals surface area contributed by atoms with E-state index in [1.54, 1.807) is 24.3 Å². The van der Waals surface area contributed by atoms with Crippen molar-refractivity contribution < 1.29 is 14.3 Å². The number of carbonyl (C=O) groups is 2. The number of hydrogen-bond donors (Lipinski definition) is 1. The molecule has 0 aromatic heterocycles. The van der Waals surface area contributed by atoms with Crippen LogP contribution in [0.3, 0.4) is 0 Å². The summed E-state index contributed by atoms with van der Waals surface area (Å²) < 4.78 is 5.44. The van der Waals surface area contributed by atoms with Gasteiger partial charge in [0.25, 0.3) is 5.91 Å². The third kappa shape index (κ3) is 4.35. The second-order valence-electron chi connectivity index (χ2n) is 6.73. The van der Waals surface area contributed by atoms with Gasteiger partial charge in [0.2, 0.25) is 0 Å². The van der Waals surface area contributed by atoms with Gasteiger partial charge in [-0.2, -0.15) is 0 Å². The summed E-state index contributed by atoms with van der Waals surface area (Å²) >= 11 is 0. The van der Waals surface area contributed by atoms with Crippen molar-refractivity contribution >= 4 is 11.9 Å². The molecule has 5 heteroatoms. The molecule has 2 saturated heterocycles. The first-order valence-electron chi connectivity index (χ1n) is 8.97. The normalized spacial score (nSPS) is 24.0. The Bertz CT molecular complexity index is 559. The first-order chi connectivity index (χ1) is 11.7. The standard InChI is InChI=1S/C19H26N2O3/c22-18(13-20-19(23)15-7-2-1-3-8-15)24-14-16-9-6-12-21-11-5-4-10-17(16)21/h1-3,7-8,16-17H,4-6,9-14H2,(H,20,23)/t16-,17+/m1/s1. The topological polar surface area (TPSA) is 58.6 Å². The molecule has 1 amide bonds. The minimum atomic E-state index is -0.354. The quantitative estimate of drug-likeness (QED) is 0.841. The number of nitrogens with one attached hydrogen (secondary N) is 1. The van der Waals surface area contributed by atoms with Crippen LogP contribution in [0.25, 0.3) is 0 Å². The maximum Gasteiger partial charge on any atom is 0.325 e. The van der Waals surface area contributed by atoms with Crippen molar-refractivity contribution in [3.05, 3.63) is 35.9 Å². The predicted molar refractivity (Wildman–Crippen MR) is 91.7 cm³/mol. The Kier molecular flexibility index (Phi) is 5.86. The number of amides is 1. The third-order valence-electron chi connectivity index (χ3n) is 5.12. The summed E-state index contributed by atoms with van der Waals surface area (Å²) in [4.78, 5) is 26.4. The number of ether oxygens (including phenoxy) is 1. The fourth-order valence-electron chi connectivity index (χ4n) is 3.87. The van der Waals surface area contributed by atoms with Crippen LogP contribution in [0.4, 0.5) is 0 Å². The first-order valence-corrected chi connectivity index (χ1v) is 8.97. The van der Waals surface area contributed by atoms with Crippen LogP contribution in [0.2, 0.25) is 0 Å². The lowest BCUT2D eigenvalue weighted by Gasteiger charge is -2.44.